The molecule has 0 amide bonds. The molecule has 0 unspecified atom stereocenters. The van der Waals surface area contributed by atoms with E-state index in [0.717, 1.165) is 17.7 Å². The van der Waals surface area contributed by atoms with Gasteiger partial charge in [0.1, 0.15) is 5.75 Å². The minimum atomic E-state index is -4.33. The van der Waals surface area contributed by atoms with Gasteiger partial charge in [-0.2, -0.15) is 13.2 Å². The Morgan fingerprint density at radius 3 is 2.11 bits per heavy atom. The minimum Gasteiger partial charge on any atom is -0.508 e. The summed E-state index contributed by atoms with van der Waals surface area (Å²) in [5.74, 6) is 0.132. The first-order chi connectivity index (χ1) is 8.39. The maximum absolute atomic E-state index is 12.4. The van der Waals surface area contributed by atoms with E-state index in [9.17, 15) is 18.3 Å². The first-order valence-electron chi connectivity index (χ1n) is 5.36. The van der Waals surface area contributed by atoms with Crippen LogP contribution in [0.2, 0.25) is 0 Å². The fourth-order valence-electron chi connectivity index (χ4n) is 1.77. The maximum atomic E-state index is 12.4. The largest absolute Gasteiger partial charge is 0.508 e. The lowest BCUT2D eigenvalue weighted by Crippen LogP contribution is -2.04. The van der Waals surface area contributed by atoms with E-state index >= 15 is 0 Å². The number of phenols is 1. The summed E-state index contributed by atoms with van der Waals surface area (Å²) >= 11 is 0. The molecule has 0 bridgehead atoms. The summed E-state index contributed by atoms with van der Waals surface area (Å²) in [6, 6.07) is 9.86. The molecule has 0 fully saturated rings. The fraction of sp³-hybridized carbons (Fsp3) is 0.143. The Kier molecular flexibility index (Phi) is 3.03. The second kappa shape index (κ2) is 4.37. The average Bonchev–Trinajstić information content (AvgIpc) is 2.32. The molecule has 0 aliphatic heterocycles. The summed E-state index contributed by atoms with van der Waals surface area (Å²) in [6.45, 7) is 1.72. The number of halogens is 3. The summed E-state index contributed by atoms with van der Waals surface area (Å²) in [5.41, 5.74) is 1.35. The molecule has 94 valence electrons. The molecule has 18 heavy (non-hydrogen) atoms. The van der Waals surface area contributed by atoms with Crippen LogP contribution in [0.4, 0.5) is 13.2 Å². The van der Waals surface area contributed by atoms with Crippen LogP contribution in [0.5, 0.6) is 5.75 Å². The van der Waals surface area contributed by atoms with Gasteiger partial charge in [-0.15, -0.1) is 0 Å². The molecule has 0 aliphatic carbocycles. The molecule has 0 radical (unpaired) electrons. The second-order valence-electron chi connectivity index (χ2n) is 4.02. The minimum absolute atomic E-state index is 0.132. The predicted molar refractivity (Wildman–Crippen MR) is 63.3 cm³/mol. The summed E-state index contributed by atoms with van der Waals surface area (Å²) in [7, 11) is 0. The second-order valence-corrected chi connectivity index (χ2v) is 4.02. The topological polar surface area (TPSA) is 20.2 Å². The zero-order valence-corrected chi connectivity index (χ0v) is 9.62. The third-order valence-corrected chi connectivity index (χ3v) is 2.83. The Labute approximate surface area is 103 Å². The van der Waals surface area contributed by atoms with E-state index in [2.05, 4.69) is 0 Å². The summed E-state index contributed by atoms with van der Waals surface area (Å²) in [5, 5.41) is 9.57. The Bertz CT molecular complexity index is 556. The van der Waals surface area contributed by atoms with Crippen molar-refractivity contribution in [2.75, 3.05) is 0 Å². The van der Waals surface area contributed by atoms with Crippen LogP contribution in [0.3, 0.4) is 0 Å². The van der Waals surface area contributed by atoms with E-state index in [1.54, 1.807) is 25.1 Å². The fourth-order valence-corrected chi connectivity index (χ4v) is 1.77. The molecule has 0 aromatic heterocycles. The van der Waals surface area contributed by atoms with Gasteiger partial charge >= 0.3 is 6.18 Å². The van der Waals surface area contributed by atoms with Crippen LogP contribution in [-0.2, 0) is 6.18 Å². The van der Waals surface area contributed by atoms with Crippen molar-refractivity contribution in [1.82, 2.24) is 0 Å². The lowest BCUT2D eigenvalue weighted by Gasteiger charge is -2.10. The van der Waals surface area contributed by atoms with Crippen molar-refractivity contribution in [3.63, 3.8) is 0 Å². The number of phenolic OH excluding ortho intramolecular Hbond substituents is 1. The molecule has 0 spiro atoms. The number of alkyl halides is 3. The van der Waals surface area contributed by atoms with Crippen LogP contribution in [0, 0.1) is 6.92 Å². The molecule has 1 nitrogen and oxygen atoms in total. The van der Waals surface area contributed by atoms with Gasteiger partial charge in [0.25, 0.3) is 0 Å². The predicted octanol–water partition coefficient (Wildman–Crippen LogP) is 4.39. The van der Waals surface area contributed by atoms with Gasteiger partial charge in [0, 0.05) is 0 Å². The van der Waals surface area contributed by atoms with Crippen LogP contribution in [0.15, 0.2) is 42.5 Å². The van der Waals surface area contributed by atoms with Crippen molar-refractivity contribution in [2.24, 2.45) is 0 Å². The van der Waals surface area contributed by atoms with E-state index < -0.39 is 11.7 Å². The van der Waals surface area contributed by atoms with Crippen molar-refractivity contribution in [2.45, 2.75) is 13.1 Å². The number of rotatable bonds is 1. The highest BCUT2D eigenvalue weighted by Gasteiger charge is 2.29. The zero-order valence-electron chi connectivity index (χ0n) is 9.62. The molecule has 0 heterocycles. The molecule has 4 heteroatoms. The normalized spacial score (nSPS) is 11.6. The molecule has 2 aromatic carbocycles. The maximum Gasteiger partial charge on any atom is 0.416 e. The highest BCUT2D eigenvalue weighted by Crippen LogP contribution is 2.33. The quantitative estimate of drug-likeness (QED) is 0.798. The Hall–Kier alpha value is -1.97. The van der Waals surface area contributed by atoms with Gasteiger partial charge < -0.3 is 5.11 Å². The first-order valence-corrected chi connectivity index (χ1v) is 5.36. The third kappa shape index (κ3) is 2.32. The summed E-state index contributed by atoms with van der Waals surface area (Å²) in [4.78, 5) is 0. The Balaban J connectivity index is 2.44. The number of aromatic hydroxyl groups is 1. The molecule has 0 saturated heterocycles. The molecular formula is C14H11F3O. The molecule has 0 saturated carbocycles. The van der Waals surface area contributed by atoms with E-state index in [-0.39, 0.29) is 5.75 Å². The van der Waals surface area contributed by atoms with Crippen molar-refractivity contribution >= 4 is 0 Å². The van der Waals surface area contributed by atoms with E-state index in [4.69, 9.17) is 0 Å². The number of hydrogen-bond donors (Lipinski definition) is 1. The summed E-state index contributed by atoms with van der Waals surface area (Å²) in [6.07, 6.45) is -4.33. The molecule has 0 aliphatic rings. The van der Waals surface area contributed by atoms with Crippen LogP contribution >= 0.6 is 0 Å². The number of benzene rings is 2. The molecule has 2 aromatic rings. The highest BCUT2D eigenvalue weighted by molar-refractivity contribution is 5.69. The Morgan fingerprint density at radius 1 is 0.944 bits per heavy atom. The van der Waals surface area contributed by atoms with Gasteiger partial charge in [-0.05, 0) is 41.8 Å². The van der Waals surface area contributed by atoms with Gasteiger partial charge in [0.05, 0.1) is 5.56 Å². The molecule has 1 N–H and O–H groups in total. The average molecular weight is 252 g/mol. The highest BCUT2D eigenvalue weighted by atomic mass is 19.4. The SMILES string of the molecule is Cc1c(O)cccc1-c1ccc(C(F)(F)F)cc1. The summed E-state index contributed by atoms with van der Waals surface area (Å²) < 4.78 is 37.3. The van der Waals surface area contributed by atoms with Crippen molar-refractivity contribution in [3.05, 3.63) is 53.6 Å². The van der Waals surface area contributed by atoms with Crippen LogP contribution in [0.25, 0.3) is 11.1 Å². The van der Waals surface area contributed by atoms with Crippen LogP contribution in [0.1, 0.15) is 11.1 Å². The van der Waals surface area contributed by atoms with Crippen molar-refractivity contribution < 1.29 is 18.3 Å². The van der Waals surface area contributed by atoms with Crippen molar-refractivity contribution in [3.8, 4) is 16.9 Å². The lowest BCUT2D eigenvalue weighted by atomic mass is 9.99. The standard InChI is InChI=1S/C14H11F3O/c1-9-12(3-2-4-13(9)18)10-5-7-11(8-6-10)14(15,16)17/h2-8,18H,1H3. The monoisotopic (exact) mass is 252 g/mol. The van der Waals surface area contributed by atoms with Gasteiger partial charge in [-0.1, -0.05) is 24.3 Å². The Morgan fingerprint density at radius 2 is 1.56 bits per heavy atom. The van der Waals surface area contributed by atoms with Crippen LogP contribution < -0.4 is 0 Å². The van der Waals surface area contributed by atoms with E-state index in [0.29, 0.717) is 11.1 Å². The van der Waals surface area contributed by atoms with E-state index in [1.165, 1.54) is 12.1 Å². The molecular weight excluding hydrogens is 241 g/mol. The third-order valence-electron chi connectivity index (χ3n) is 2.83. The number of hydrogen-bond acceptors (Lipinski definition) is 1. The van der Waals surface area contributed by atoms with Gasteiger partial charge in [-0.25, -0.2) is 0 Å². The van der Waals surface area contributed by atoms with Crippen molar-refractivity contribution in [1.29, 1.82) is 0 Å². The van der Waals surface area contributed by atoms with E-state index in [1.807, 2.05) is 0 Å². The van der Waals surface area contributed by atoms with Gasteiger partial charge in [0.15, 0.2) is 0 Å². The van der Waals surface area contributed by atoms with Crippen LogP contribution in [-0.4, -0.2) is 5.11 Å². The zero-order chi connectivity index (χ0) is 13.3. The molecule has 0 atom stereocenters. The molecule has 2 rings (SSSR count). The smallest absolute Gasteiger partial charge is 0.416 e. The van der Waals surface area contributed by atoms with Gasteiger partial charge in [-0.3, -0.25) is 0 Å². The lowest BCUT2D eigenvalue weighted by molar-refractivity contribution is -0.137. The first kappa shape index (κ1) is 12.5. The van der Waals surface area contributed by atoms with Gasteiger partial charge in [0.2, 0.25) is 0 Å².